The smallest absolute Gasteiger partial charge is 0.361 e. The number of allylic oxidation sites excluding steroid dienone is 26. The Kier molecular flexibility index (Phi) is 59.1. The molecule has 0 heterocycles. The summed E-state index contributed by atoms with van der Waals surface area (Å²) in [5.41, 5.74) is 0. The fourth-order valence-electron chi connectivity index (χ4n) is 8.35. The highest BCUT2D eigenvalue weighted by Gasteiger charge is 2.25. The van der Waals surface area contributed by atoms with E-state index in [0.717, 1.165) is 141 Å². The van der Waals surface area contributed by atoms with Gasteiger partial charge in [0.15, 0.2) is 6.10 Å². The maximum atomic E-state index is 12.9. The van der Waals surface area contributed by atoms with Crippen LogP contribution in [-0.4, -0.2) is 87.4 Å². The molecule has 0 amide bonds. The maximum absolute atomic E-state index is 12.9. The number of quaternary nitrogens is 1. The lowest BCUT2D eigenvalue weighted by molar-refractivity contribution is -0.870. The molecule has 0 aliphatic carbocycles. The number of carbonyl (C=O) groups is 3. The standard InChI is InChI=1S/C74H119NO8/c1-6-8-10-12-14-16-18-20-22-24-26-28-29-30-31-32-33-34-35-36-37-38-39-40-41-42-43-45-47-49-51-53-55-57-59-61-63-65-72(77)83-70(69-82-74(73(78)79)80-67-66-75(3,4)5)68-81-71(76)64-62-60-58-56-54-52-50-48-46-44-27-25-23-21-19-17-15-13-11-9-7-2/h8-11,14-17,20-23,26-28,30-31,33-34,36-37,39-40,42-44,70,74H,6-7,12-13,18-19,24-25,29,32,35,38,41,45-69H2,1-5H3/p+1/b10-8-,11-9-,16-14-,17-15-,22-20-,23-21-,28-26-,31-30-,34-33-,37-36-,40-39-,43-42-,44-27-. The number of hydrogen-bond acceptors (Lipinski definition) is 7. The Morgan fingerprint density at radius 1 is 0.361 bits per heavy atom. The number of rotatable bonds is 58. The van der Waals surface area contributed by atoms with Crippen molar-refractivity contribution in [3.8, 4) is 0 Å². The van der Waals surface area contributed by atoms with Gasteiger partial charge < -0.3 is 28.5 Å². The third-order valence-corrected chi connectivity index (χ3v) is 13.3. The molecule has 0 aromatic carbocycles. The molecule has 0 radical (unpaired) electrons. The van der Waals surface area contributed by atoms with Gasteiger partial charge in [0.25, 0.3) is 6.29 Å². The predicted octanol–water partition coefficient (Wildman–Crippen LogP) is 20.1. The van der Waals surface area contributed by atoms with Gasteiger partial charge in [0.05, 0.1) is 34.4 Å². The lowest BCUT2D eigenvalue weighted by Crippen LogP contribution is -2.40. The van der Waals surface area contributed by atoms with Crippen molar-refractivity contribution in [1.82, 2.24) is 0 Å². The maximum Gasteiger partial charge on any atom is 0.361 e. The monoisotopic (exact) mass is 1150 g/mol. The van der Waals surface area contributed by atoms with E-state index in [-0.39, 0.29) is 38.6 Å². The number of carboxylic acid groups (broad SMARTS) is 1. The second kappa shape index (κ2) is 62.9. The fourth-order valence-corrected chi connectivity index (χ4v) is 8.35. The molecule has 0 spiro atoms. The summed E-state index contributed by atoms with van der Waals surface area (Å²) in [7, 11) is 5.96. The van der Waals surface area contributed by atoms with Gasteiger partial charge in [0.1, 0.15) is 13.2 Å². The molecular formula is C74H120NO8+. The Morgan fingerprint density at radius 2 is 0.651 bits per heavy atom. The first kappa shape index (κ1) is 77.9. The minimum atomic E-state index is -1.52. The molecule has 0 aliphatic heterocycles. The van der Waals surface area contributed by atoms with Gasteiger partial charge in [0, 0.05) is 12.8 Å². The minimum Gasteiger partial charge on any atom is -0.477 e. The number of carbonyl (C=O) groups excluding carboxylic acids is 2. The van der Waals surface area contributed by atoms with E-state index < -0.39 is 24.3 Å². The zero-order valence-corrected chi connectivity index (χ0v) is 53.3. The lowest BCUT2D eigenvalue weighted by Gasteiger charge is -2.25. The molecule has 9 nitrogen and oxygen atoms in total. The normalized spacial score (nSPS) is 13.8. The van der Waals surface area contributed by atoms with Crippen LogP contribution in [0.1, 0.15) is 232 Å². The van der Waals surface area contributed by atoms with Crippen molar-refractivity contribution in [2.24, 2.45) is 0 Å². The molecule has 468 valence electrons. The molecule has 83 heavy (non-hydrogen) atoms. The highest BCUT2D eigenvalue weighted by molar-refractivity contribution is 5.71. The first-order valence-corrected chi connectivity index (χ1v) is 32.6. The Balaban J connectivity index is 4.22. The number of aliphatic carboxylic acids is 1. The molecule has 0 aromatic rings. The summed E-state index contributed by atoms with van der Waals surface area (Å²) in [5, 5.41) is 9.73. The highest BCUT2D eigenvalue weighted by Crippen LogP contribution is 2.15. The van der Waals surface area contributed by atoms with E-state index in [2.05, 4.69) is 172 Å². The summed E-state index contributed by atoms with van der Waals surface area (Å²) in [6, 6.07) is 0. The van der Waals surface area contributed by atoms with Crippen LogP contribution in [0.4, 0.5) is 0 Å². The molecule has 0 bridgehead atoms. The van der Waals surface area contributed by atoms with Crippen molar-refractivity contribution in [3.63, 3.8) is 0 Å². The number of unbranched alkanes of at least 4 members (excludes halogenated alkanes) is 17. The van der Waals surface area contributed by atoms with Crippen LogP contribution in [0.15, 0.2) is 158 Å². The lowest BCUT2D eigenvalue weighted by atomic mass is 10.1. The van der Waals surface area contributed by atoms with Crippen LogP contribution < -0.4 is 0 Å². The van der Waals surface area contributed by atoms with Crippen LogP contribution in [0.25, 0.3) is 0 Å². The molecule has 0 rings (SSSR count). The predicted molar refractivity (Wildman–Crippen MR) is 354 cm³/mol. The molecule has 1 N–H and O–H groups in total. The summed E-state index contributed by atoms with van der Waals surface area (Å²) in [4.78, 5) is 37.5. The van der Waals surface area contributed by atoms with E-state index in [4.69, 9.17) is 18.9 Å². The number of carboxylic acids is 1. The van der Waals surface area contributed by atoms with Gasteiger partial charge >= 0.3 is 17.9 Å². The average molecular weight is 1150 g/mol. The summed E-state index contributed by atoms with van der Waals surface area (Å²) in [5.74, 6) is -2.04. The quantitative estimate of drug-likeness (QED) is 0.0211. The van der Waals surface area contributed by atoms with Crippen LogP contribution in [-0.2, 0) is 33.3 Å². The number of esters is 2. The van der Waals surface area contributed by atoms with Crippen molar-refractivity contribution < 1.29 is 42.9 Å². The van der Waals surface area contributed by atoms with E-state index in [0.29, 0.717) is 17.4 Å². The molecule has 9 heteroatoms. The van der Waals surface area contributed by atoms with Gasteiger partial charge in [-0.2, -0.15) is 0 Å². The largest absolute Gasteiger partial charge is 0.477 e. The van der Waals surface area contributed by atoms with Crippen LogP contribution >= 0.6 is 0 Å². The number of nitrogens with zero attached hydrogens (tertiary/aromatic N) is 1. The second-order valence-electron chi connectivity index (χ2n) is 22.3. The van der Waals surface area contributed by atoms with E-state index in [1.54, 1.807) is 0 Å². The zero-order valence-electron chi connectivity index (χ0n) is 53.3. The van der Waals surface area contributed by atoms with Gasteiger partial charge in [-0.05, 0) is 122 Å². The van der Waals surface area contributed by atoms with Crippen LogP contribution in [0.5, 0.6) is 0 Å². The second-order valence-corrected chi connectivity index (χ2v) is 22.3. The first-order valence-electron chi connectivity index (χ1n) is 32.6. The first-order chi connectivity index (χ1) is 40.6. The van der Waals surface area contributed by atoms with E-state index in [1.807, 2.05) is 21.1 Å². The molecule has 0 fully saturated rings. The molecule has 0 aromatic heterocycles. The van der Waals surface area contributed by atoms with Crippen LogP contribution in [0.3, 0.4) is 0 Å². The van der Waals surface area contributed by atoms with Gasteiger partial charge in [-0.3, -0.25) is 9.59 Å². The minimum absolute atomic E-state index is 0.177. The van der Waals surface area contributed by atoms with Crippen molar-refractivity contribution in [1.29, 1.82) is 0 Å². The summed E-state index contributed by atoms with van der Waals surface area (Å²) in [6.45, 7) is 4.62. The Labute approximate surface area is 508 Å². The molecule has 0 aliphatic rings. The van der Waals surface area contributed by atoms with Crippen molar-refractivity contribution >= 4 is 17.9 Å². The van der Waals surface area contributed by atoms with Crippen LogP contribution in [0, 0.1) is 0 Å². The third-order valence-electron chi connectivity index (χ3n) is 13.3. The van der Waals surface area contributed by atoms with Gasteiger partial charge in [-0.15, -0.1) is 0 Å². The number of hydrogen-bond donors (Lipinski definition) is 1. The van der Waals surface area contributed by atoms with Gasteiger partial charge in [-0.25, -0.2) is 4.79 Å². The van der Waals surface area contributed by atoms with Crippen LogP contribution in [0.2, 0.25) is 0 Å². The molecule has 2 unspecified atom stereocenters. The number of ether oxygens (including phenoxy) is 4. The Morgan fingerprint density at radius 3 is 0.964 bits per heavy atom. The van der Waals surface area contributed by atoms with E-state index >= 15 is 0 Å². The summed E-state index contributed by atoms with van der Waals surface area (Å²) < 4.78 is 22.9. The molecule has 2 atom stereocenters. The Bertz CT molecular complexity index is 1920. The number of likely N-dealkylation sites (N-methyl/N-ethyl adjacent to an activating group) is 1. The Hall–Kier alpha value is -5.09. The topological polar surface area (TPSA) is 108 Å². The SMILES string of the molecule is CC/C=C\C/C=C\C/C=C\C/C=C\C/C=C\C/C=C\C/C=C\C/C=C\C/C=C\CCCCCCCCCCCC(=O)OC(COC(=O)CCCCCCCCCC/C=C\C/C=C\C/C=C\C/C=C\CC)COC(OCC[N+](C)(C)C)C(=O)O. The average Bonchev–Trinajstić information content (AvgIpc) is 3.46. The van der Waals surface area contributed by atoms with E-state index in [1.165, 1.54) is 57.8 Å². The zero-order chi connectivity index (χ0) is 60.5. The molecule has 0 saturated heterocycles. The summed E-state index contributed by atoms with van der Waals surface area (Å²) in [6.07, 6.45) is 90.4. The molecule has 0 saturated carbocycles. The van der Waals surface area contributed by atoms with Crippen molar-refractivity contribution in [3.05, 3.63) is 158 Å². The molecular weight excluding hydrogens is 1030 g/mol. The van der Waals surface area contributed by atoms with Crippen molar-refractivity contribution in [2.45, 2.75) is 245 Å². The van der Waals surface area contributed by atoms with Gasteiger partial charge in [-0.1, -0.05) is 255 Å². The fraction of sp³-hybridized carbons (Fsp3) is 0.608. The van der Waals surface area contributed by atoms with E-state index in [9.17, 15) is 19.5 Å². The highest BCUT2D eigenvalue weighted by atomic mass is 16.7. The van der Waals surface area contributed by atoms with Gasteiger partial charge in [0.2, 0.25) is 0 Å². The van der Waals surface area contributed by atoms with Crippen molar-refractivity contribution in [2.75, 3.05) is 47.5 Å². The summed E-state index contributed by atoms with van der Waals surface area (Å²) >= 11 is 0. The third kappa shape index (κ3) is 64.3.